The lowest BCUT2D eigenvalue weighted by Gasteiger charge is -2.38. The third-order valence-corrected chi connectivity index (χ3v) is 3.78. The number of hydrogen-bond acceptors (Lipinski definition) is 7. The van der Waals surface area contributed by atoms with Crippen LogP contribution in [0.25, 0.3) is 0 Å². The quantitative estimate of drug-likeness (QED) is 0.415. The number of ether oxygens (including phenoxy) is 3. The van der Waals surface area contributed by atoms with Gasteiger partial charge in [-0.3, -0.25) is 0 Å². The maximum absolute atomic E-state index is 11.5. The van der Waals surface area contributed by atoms with E-state index in [2.05, 4.69) is 11.7 Å². The van der Waals surface area contributed by atoms with Crippen molar-refractivity contribution >= 4 is 5.97 Å². The van der Waals surface area contributed by atoms with Gasteiger partial charge in [0.15, 0.2) is 12.4 Å². The van der Waals surface area contributed by atoms with Crippen LogP contribution in [0.2, 0.25) is 0 Å². The molecule has 3 N–H and O–H groups in total. The first-order valence-electron chi connectivity index (χ1n) is 7.92. The van der Waals surface area contributed by atoms with Crippen molar-refractivity contribution in [2.75, 3.05) is 13.7 Å². The molecule has 1 aliphatic rings. The third-order valence-electron chi connectivity index (χ3n) is 3.78. The maximum atomic E-state index is 11.5. The first-order valence-corrected chi connectivity index (χ1v) is 7.92. The Balaban J connectivity index is 2.36. The van der Waals surface area contributed by atoms with Crippen LogP contribution in [0, 0.1) is 0 Å². The molecule has 0 aromatic carbocycles. The van der Waals surface area contributed by atoms with E-state index in [1.807, 2.05) is 0 Å². The van der Waals surface area contributed by atoms with Crippen LogP contribution in [-0.4, -0.2) is 65.7 Å². The van der Waals surface area contributed by atoms with Gasteiger partial charge in [0.25, 0.3) is 0 Å². The SMILES string of the molecule is CCCCCCCCO[C@@H]1O[C@H](C(=O)OC)[C@@H](O)[C@H](O)[C@H]1O. The Kier molecular flexibility index (Phi) is 8.89. The molecule has 0 radical (unpaired) electrons. The summed E-state index contributed by atoms with van der Waals surface area (Å²) in [5.41, 5.74) is 0. The molecule has 1 aliphatic heterocycles. The highest BCUT2D eigenvalue weighted by Gasteiger charge is 2.47. The number of hydrogen-bond donors (Lipinski definition) is 3. The summed E-state index contributed by atoms with van der Waals surface area (Å²) in [5.74, 6) is -0.813. The van der Waals surface area contributed by atoms with Gasteiger partial charge in [-0.25, -0.2) is 4.79 Å². The zero-order chi connectivity index (χ0) is 16.5. The van der Waals surface area contributed by atoms with Crippen LogP contribution in [0.4, 0.5) is 0 Å². The summed E-state index contributed by atoms with van der Waals surface area (Å²) in [7, 11) is 1.15. The molecule has 0 aromatic rings. The smallest absolute Gasteiger partial charge is 0.337 e. The van der Waals surface area contributed by atoms with E-state index >= 15 is 0 Å². The lowest BCUT2D eigenvalue weighted by molar-refractivity contribution is -0.294. The fourth-order valence-corrected chi connectivity index (χ4v) is 2.38. The second kappa shape index (κ2) is 10.1. The summed E-state index contributed by atoms with van der Waals surface area (Å²) in [6.07, 6.45) is -0.460. The molecule has 1 rings (SSSR count). The van der Waals surface area contributed by atoms with E-state index in [0.29, 0.717) is 6.61 Å². The maximum Gasteiger partial charge on any atom is 0.337 e. The minimum atomic E-state index is -1.55. The summed E-state index contributed by atoms with van der Waals surface area (Å²) in [4.78, 5) is 11.5. The van der Waals surface area contributed by atoms with Crippen molar-refractivity contribution in [1.29, 1.82) is 0 Å². The molecule has 0 aliphatic carbocycles. The predicted molar refractivity (Wildman–Crippen MR) is 78.0 cm³/mol. The van der Waals surface area contributed by atoms with Crippen LogP contribution >= 0.6 is 0 Å². The van der Waals surface area contributed by atoms with Gasteiger partial charge in [-0.05, 0) is 6.42 Å². The van der Waals surface area contributed by atoms with E-state index in [4.69, 9.17) is 9.47 Å². The van der Waals surface area contributed by atoms with Gasteiger partial charge < -0.3 is 29.5 Å². The van der Waals surface area contributed by atoms with Gasteiger partial charge in [0, 0.05) is 6.61 Å². The van der Waals surface area contributed by atoms with Crippen LogP contribution in [0.3, 0.4) is 0 Å². The van der Waals surface area contributed by atoms with Crippen molar-refractivity contribution in [2.24, 2.45) is 0 Å². The Labute approximate surface area is 131 Å². The first-order chi connectivity index (χ1) is 10.5. The Morgan fingerprint density at radius 2 is 1.64 bits per heavy atom. The van der Waals surface area contributed by atoms with E-state index in [9.17, 15) is 20.1 Å². The summed E-state index contributed by atoms with van der Waals surface area (Å²) in [6, 6.07) is 0. The minimum absolute atomic E-state index is 0.352. The largest absolute Gasteiger partial charge is 0.467 e. The van der Waals surface area contributed by atoms with E-state index in [0.717, 1.165) is 26.4 Å². The summed E-state index contributed by atoms with van der Waals surface area (Å²) < 4.78 is 15.1. The molecule has 0 aromatic heterocycles. The van der Waals surface area contributed by atoms with Crippen molar-refractivity contribution < 1.29 is 34.3 Å². The molecule has 0 unspecified atom stereocenters. The summed E-state index contributed by atoms with van der Waals surface area (Å²) in [6.45, 7) is 2.51. The second-order valence-corrected chi connectivity index (χ2v) is 5.56. The lowest BCUT2D eigenvalue weighted by atomic mass is 9.99. The molecule has 7 nitrogen and oxygen atoms in total. The van der Waals surface area contributed by atoms with Crippen LogP contribution in [-0.2, 0) is 19.0 Å². The van der Waals surface area contributed by atoms with Crippen molar-refractivity contribution in [3.8, 4) is 0 Å². The average Bonchev–Trinajstić information content (AvgIpc) is 2.53. The van der Waals surface area contributed by atoms with Crippen molar-refractivity contribution in [2.45, 2.75) is 76.2 Å². The van der Waals surface area contributed by atoms with Crippen LogP contribution < -0.4 is 0 Å². The molecular formula is C15H28O7. The fourth-order valence-electron chi connectivity index (χ4n) is 2.38. The van der Waals surface area contributed by atoms with E-state index in [1.54, 1.807) is 0 Å². The molecule has 7 heteroatoms. The molecular weight excluding hydrogens is 292 g/mol. The highest BCUT2D eigenvalue weighted by molar-refractivity contribution is 5.75. The fraction of sp³-hybridized carbons (Fsp3) is 0.933. The zero-order valence-corrected chi connectivity index (χ0v) is 13.3. The van der Waals surface area contributed by atoms with Crippen LogP contribution in [0.5, 0.6) is 0 Å². The molecule has 1 heterocycles. The molecule has 22 heavy (non-hydrogen) atoms. The normalized spacial score (nSPS) is 32.0. The molecule has 5 atom stereocenters. The van der Waals surface area contributed by atoms with E-state index in [-0.39, 0.29) is 0 Å². The van der Waals surface area contributed by atoms with E-state index in [1.165, 1.54) is 19.3 Å². The summed E-state index contributed by atoms with van der Waals surface area (Å²) in [5, 5.41) is 29.3. The number of carbonyl (C=O) groups is 1. The molecule has 0 bridgehead atoms. The van der Waals surface area contributed by atoms with Gasteiger partial charge in [0.2, 0.25) is 0 Å². The van der Waals surface area contributed by atoms with Gasteiger partial charge in [-0.2, -0.15) is 0 Å². The third kappa shape index (κ3) is 5.48. The van der Waals surface area contributed by atoms with Crippen LogP contribution in [0.15, 0.2) is 0 Å². The highest BCUT2D eigenvalue weighted by atomic mass is 16.7. The Morgan fingerprint density at radius 1 is 1.00 bits per heavy atom. The van der Waals surface area contributed by atoms with Gasteiger partial charge in [-0.1, -0.05) is 39.0 Å². The number of aliphatic hydroxyl groups excluding tert-OH is 3. The van der Waals surface area contributed by atoms with Gasteiger partial charge >= 0.3 is 5.97 Å². The van der Waals surface area contributed by atoms with Crippen LogP contribution in [0.1, 0.15) is 45.4 Å². The van der Waals surface area contributed by atoms with E-state index < -0.39 is 36.7 Å². The van der Waals surface area contributed by atoms with Crippen molar-refractivity contribution in [3.63, 3.8) is 0 Å². The number of unbranched alkanes of at least 4 members (excludes halogenated alkanes) is 5. The monoisotopic (exact) mass is 320 g/mol. The molecule has 0 spiro atoms. The number of esters is 1. The standard InChI is InChI=1S/C15H28O7/c1-3-4-5-6-7-8-9-21-15-12(18)10(16)11(17)13(22-15)14(19)20-2/h10-13,15-18H,3-9H2,1-2H3/t10-,11-,12+,13-,15+/m0/s1. The lowest BCUT2D eigenvalue weighted by Crippen LogP contribution is -2.60. The van der Waals surface area contributed by atoms with Crippen molar-refractivity contribution in [3.05, 3.63) is 0 Å². The average molecular weight is 320 g/mol. The zero-order valence-electron chi connectivity index (χ0n) is 13.3. The molecule has 130 valence electrons. The second-order valence-electron chi connectivity index (χ2n) is 5.56. The molecule has 1 saturated heterocycles. The number of aliphatic hydroxyl groups is 3. The number of rotatable bonds is 9. The number of carbonyl (C=O) groups excluding carboxylic acids is 1. The Morgan fingerprint density at radius 3 is 2.27 bits per heavy atom. The first kappa shape index (κ1) is 19.3. The number of methoxy groups -OCH3 is 1. The van der Waals surface area contributed by atoms with Gasteiger partial charge in [-0.15, -0.1) is 0 Å². The molecule has 0 amide bonds. The minimum Gasteiger partial charge on any atom is -0.467 e. The Bertz CT molecular complexity index is 323. The molecule has 1 fully saturated rings. The molecule has 0 saturated carbocycles. The predicted octanol–water partition coefficient (Wildman–Crippen LogP) is 0.344. The highest BCUT2D eigenvalue weighted by Crippen LogP contribution is 2.23. The topological polar surface area (TPSA) is 105 Å². The van der Waals surface area contributed by atoms with Gasteiger partial charge in [0.05, 0.1) is 7.11 Å². The summed E-state index contributed by atoms with van der Waals surface area (Å²) >= 11 is 0. The Hall–Kier alpha value is -0.730. The van der Waals surface area contributed by atoms with Gasteiger partial charge in [0.1, 0.15) is 18.3 Å². The van der Waals surface area contributed by atoms with Crippen molar-refractivity contribution in [1.82, 2.24) is 0 Å².